The number of aryl methyl sites for hydroxylation is 2. The Morgan fingerprint density at radius 3 is 2.50 bits per heavy atom. The predicted molar refractivity (Wildman–Crippen MR) is 127 cm³/mol. The van der Waals surface area contributed by atoms with Crippen LogP contribution in [-0.4, -0.2) is 58.9 Å². The Hall–Kier alpha value is -3.32. The summed E-state index contributed by atoms with van der Waals surface area (Å²) >= 11 is 0. The van der Waals surface area contributed by atoms with E-state index in [9.17, 15) is 9.90 Å². The molecule has 1 amide bonds. The number of nitrogens with one attached hydrogen (secondary N) is 1. The fraction of sp³-hybridized carbons (Fsp3) is 0.360. The molecule has 2 heterocycles. The lowest BCUT2D eigenvalue weighted by Gasteiger charge is -2.34. The van der Waals surface area contributed by atoms with E-state index in [4.69, 9.17) is 0 Å². The first kappa shape index (κ1) is 21.9. The SMILES string of the molecule is Cc1ccc(N2CCN(C)CC2)cc1C(=O)N[C@H](C)c1cc(O)cc(-c2cnn(C)c2)c1. The van der Waals surface area contributed by atoms with Gasteiger partial charge in [-0.1, -0.05) is 6.07 Å². The van der Waals surface area contributed by atoms with Gasteiger partial charge in [0.1, 0.15) is 5.75 Å². The van der Waals surface area contributed by atoms with Crippen molar-refractivity contribution in [3.8, 4) is 16.9 Å². The molecular formula is C25H31N5O2. The minimum Gasteiger partial charge on any atom is -0.508 e. The number of anilines is 1. The highest BCUT2D eigenvalue weighted by Gasteiger charge is 2.19. The van der Waals surface area contributed by atoms with E-state index in [0.717, 1.165) is 54.1 Å². The van der Waals surface area contributed by atoms with Crippen molar-refractivity contribution in [2.45, 2.75) is 19.9 Å². The minimum atomic E-state index is -0.267. The van der Waals surface area contributed by atoms with Gasteiger partial charge in [-0.05, 0) is 67.9 Å². The van der Waals surface area contributed by atoms with Crippen molar-refractivity contribution in [3.63, 3.8) is 0 Å². The summed E-state index contributed by atoms with van der Waals surface area (Å²) in [6, 6.07) is 11.2. The van der Waals surface area contributed by atoms with Crippen molar-refractivity contribution in [2.24, 2.45) is 7.05 Å². The molecule has 0 saturated carbocycles. The number of hydrogen-bond acceptors (Lipinski definition) is 5. The number of piperazine rings is 1. The van der Waals surface area contributed by atoms with Crippen LogP contribution in [0.15, 0.2) is 48.8 Å². The van der Waals surface area contributed by atoms with E-state index in [-0.39, 0.29) is 17.7 Å². The van der Waals surface area contributed by atoms with Crippen molar-refractivity contribution in [3.05, 3.63) is 65.5 Å². The fourth-order valence-corrected chi connectivity index (χ4v) is 4.10. The van der Waals surface area contributed by atoms with E-state index in [2.05, 4.69) is 33.3 Å². The summed E-state index contributed by atoms with van der Waals surface area (Å²) in [4.78, 5) is 17.8. The molecule has 1 saturated heterocycles. The normalized spacial score (nSPS) is 15.6. The van der Waals surface area contributed by atoms with E-state index in [0.29, 0.717) is 5.56 Å². The summed E-state index contributed by atoms with van der Waals surface area (Å²) in [7, 11) is 3.99. The van der Waals surface area contributed by atoms with Gasteiger partial charge in [-0.15, -0.1) is 0 Å². The van der Waals surface area contributed by atoms with Crippen LogP contribution in [0.25, 0.3) is 11.1 Å². The maximum absolute atomic E-state index is 13.2. The molecule has 0 unspecified atom stereocenters. The Balaban J connectivity index is 1.53. The highest BCUT2D eigenvalue weighted by molar-refractivity contribution is 5.97. The Morgan fingerprint density at radius 2 is 1.81 bits per heavy atom. The molecular weight excluding hydrogens is 402 g/mol. The molecule has 32 heavy (non-hydrogen) atoms. The smallest absolute Gasteiger partial charge is 0.252 e. The van der Waals surface area contributed by atoms with Gasteiger partial charge < -0.3 is 20.2 Å². The zero-order valence-electron chi connectivity index (χ0n) is 19.2. The average molecular weight is 434 g/mol. The molecule has 1 aromatic heterocycles. The quantitative estimate of drug-likeness (QED) is 0.646. The maximum atomic E-state index is 13.2. The van der Waals surface area contributed by atoms with E-state index < -0.39 is 0 Å². The van der Waals surface area contributed by atoms with Gasteiger partial charge in [-0.25, -0.2) is 0 Å². The van der Waals surface area contributed by atoms with Gasteiger partial charge in [0.2, 0.25) is 0 Å². The number of amides is 1. The number of carbonyl (C=O) groups excluding carboxylic acids is 1. The van der Waals surface area contributed by atoms with Crippen molar-refractivity contribution in [2.75, 3.05) is 38.1 Å². The van der Waals surface area contributed by atoms with Crippen LogP contribution in [0.1, 0.15) is 34.5 Å². The number of phenolic OH excluding ortho intramolecular Hbond substituents is 1. The van der Waals surface area contributed by atoms with Crippen molar-refractivity contribution < 1.29 is 9.90 Å². The van der Waals surface area contributed by atoms with E-state index in [1.165, 1.54) is 0 Å². The van der Waals surface area contributed by atoms with Crippen LogP contribution in [0.4, 0.5) is 5.69 Å². The second-order valence-electron chi connectivity index (χ2n) is 8.70. The molecule has 0 spiro atoms. The highest BCUT2D eigenvalue weighted by Crippen LogP contribution is 2.28. The van der Waals surface area contributed by atoms with Crippen LogP contribution >= 0.6 is 0 Å². The number of phenols is 1. The number of aromatic nitrogens is 2. The van der Waals surface area contributed by atoms with Gasteiger partial charge in [0.15, 0.2) is 0 Å². The molecule has 2 N–H and O–H groups in total. The Bertz CT molecular complexity index is 1120. The molecule has 2 aromatic carbocycles. The summed E-state index contributed by atoms with van der Waals surface area (Å²) in [5.74, 6) is 0.0490. The molecule has 1 aliphatic heterocycles. The Morgan fingerprint density at radius 1 is 1.06 bits per heavy atom. The van der Waals surface area contributed by atoms with Gasteiger partial charge >= 0.3 is 0 Å². The molecule has 1 atom stereocenters. The van der Waals surface area contributed by atoms with Gasteiger partial charge in [0.25, 0.3) is 5.91 Å². The second kappa shape index (κ2) is 9.04. The fourth-order valence-electron chi connectivity index (χ4n) is 4.10. The summed E-state index contributed by atoms with van der Waals surface area (Å²) in [5, 5.41) is 17.6. The predicted octanol–water partition coefficient (Wildman–Crippen LogP) is 3.34. The van der Waals surface area contributed by atoms with Crippen LogP contribution in [0, 0.1) is 6.92 Å². The number of benzene rings is 2. The van der Waals surface area contributed by atoms with Gasteiger partial charge in [-0.3, -0.25) is 9.48 Å². The number of likely N-dealkylation sites (N-methyl/N-ethyl adjacent to an activating group) is 1. The summed E-state index contributed by atoms with van der Waals surface area (Å²) in [5.41, 5.74) is 5.32. The monoisotopic (exact) mass is 433 g/mol. The summed E-state index contributed by atoms with van der Waals surface area (Å²) in [6.07, 6.45) is 3.66. The average Bonchev–Trinajstić information content (AvgIpc) is 3.20. The van der Waals surface area contributed by atoms with Gasteiger partial charge in [-0.2, -0.15) is 5.10 Å². The molecule has 0 radical (unpaired) electrons. The topological polar surface area (TPSA) is 73.6 Å². The first-order valence-corrected chi connectivity index (χ1v) is 11.0. The Kier molecular flexibility index (Phi) is 6.19. The van der Waals surface area contributed by atoms with E-state index in [1.807, 2.05) is 45.3 Å². The standard InChI is InChI=1S/C25H31N5O2/c1-17-5-6-22(30-9-7-28(3)8-10-30)14-24(17)25(32)27-18(2)19-11-20(13-23(31)12-19)21-15-26-29(4)16-21/h5-6,11-16,18,31H,7-10H2,1-4H3,(H,27,32)/t18-/m1/s1. The minimum absolute atomic E-state index is 0.114. The molecule has 0 aliphatic carbocycles. The van der Waals surface area contributed by atoms with Crippen molar-refractivity contribution >= 4 is 11.6 Å². The third-order valence-corrected chi connectivity index (χ3v) is 6.16. The van der Waals surface area contributed by atoms with Crippen LogP contribution in [0.5, 0.6) is 5.75 Å². The zero-order valence-corrected chi connectivity index (χ0v) is 19.2. The first-order chi connectivity index (χ1) is 15.3. The molecule has 1 aliphatic rings. The van der Waals surface area contributed by atoms with Crippen molar-refractivity contribution in [1.29, 1.82) is 0 Å². The first-order valence-electron chi connectivity index (χ1n) is 11.0. The lowest BCUT2D eigenvalue weighted by Crippen LogP contribution is -2.44. The highest BCUT2D eigenvalue weighted by atomic mass is 16.3. The maximum Gasteiger partial charge on any atom is 0.252 e. The number of hydrogen-bond donors (Lipinski definition) is 2. The molecule has 0 bridgehead atoms. The van der Waals surface area contributed by atoms with Crippen LogP contribution in [0.2, 0.25) is 0 Å². The lowest BCUT2D eigenvalue weighted by molar-refractivity contribution is 0.0939. The van der Waals surface area contributed by atoms with E-state index in [1.54, 1.807) is 23.0 Å². The van der Waals surface area contributed by atoms with Gasteiger partial charge in [0.05, 0.1) is 12.2 Å². The molecule has 3 aromatic rings. The molecule has 1 fully saturated rings. The van der Waals surface area contributed by atoms with Crippen LogP contribution in [-0.2, 0) is 7.05 Å². The van der Waals surface area contributed by atoms with Crippen molar-refractivity contribution in [1.82, 2.24) is 20.0 Å². The van der Waals surface area contributed by atoms with E-state index >= 15 is 0 Å². The van der Waals surface area contributed by atoms with Crippen LogP contribution < -0.4 is 10.2 Å². The van der Waals surface area contributed by atoms with Crippen LogP contribution in [0.3, 0.4) is 0 Å². The number of nitrogens with zero attached hydrogens (tertiary/aromatic N) is 4. The number of carbonyl (C=O) groups is 1. The third-order valence-electron chi connectivity index (χ3n) is 6.16. The number of rotatable bonds is 5. The molecule has 7 heteroatoms. The summed E-state index contributed by atoms with van der Waals surface area (Å²) < 4.78 is 1.72. The lowest BCUT2D eigenvalue weighted by atomic mass is 10.0. The Labute approximate surface area is 189 Å². The second-order valence-corrected chi connectivity index (χ2v) is 8.70. The molecule has 168 valence electrons. The summed E-state index contributed by atoms with van der Waals surface area (Å²) in [6.45, 7) is 7.84. The third kappa shape index (κ3) is 4.78. The van der Waals surface area contributed by atoms with Gasteiger partial charge in [0, 0.05) is 56.2 Å². The zero-order chi connectivity index (χ0) is 22.8. The largest absolute Gasteiger partial charge is 0.508 e. The molecule has 7 nitrogen and oxygen atoms in total. The molecule has 4 rings (SSSR count). The number of aromatic hydroxyl groups is 1.